The first kappa shape index (κ1) is 15.7. The maximum absolute atomic E-state index is 12.6. The summed E-state index contributed by atoms with van der Waals surface area (Å²) in [6, 6.07) is 8.96. The van der Waals surface area contributed by atoms with Gasteiger partial charge in [0.05, 0.1) is 0 Å². The summed E-state index contributed by atoms with van der Waals surface area (Å²) in [5.74, 6) is 1.23. The van der Waals surface area contributed by atoms with E-state index in [9.17, 15) is 4.21 Å². The summed E-state index contributed by atoms with van der Waals surface area (Å²) in [6.07, 6.45) is 3.44. The molecular weight excluding hydrogens is 266 g/mol. The van der Waals surface area contributed by atoms with E-state index in [0.29, 0.717) is 23.0 Å². The van der Waals surface area contributed by atoms with Gasteiger partial charge in [0.25, 0.3) is 0 Å². The maximum Gasteiger partial charge on any atom is 0.0488 e. The van der Waals surface area contributed by atoms with E-state index in [2.05, 4.69) is 50.4 Å². The highest BCUT2D eigenvalue weighted by Crippen LogP contribution is 2.31. The molecule has 3 heteroatoms. The van der Waals surface area contributed by atoms with Crippen LogP contribution in [-0.4, -0.2) is 22.0 Å². The van der Waals surface area contributed by atoms with Gasteiger partial charge in [-0.25, -0.2) is 0 Å². The van der Waals surface area contributed by atoms with Crippen molar-refractivity contribution in [1.29, 1.82) is 0 Å². The minimum Gasteiger partial charge on any atom is -0.314 e. The molecule has 0 bridgehead atoms. The fourth-order valence-electron chi connectivity index (χ4n) is 3.19. The Morgan fingerprint density at radius 1 is 1.35 bits per heavy atom. The highest BCUT2D eigenvalue weighted by atomic mass is 32.2. The molecule has 0 saturated heterocycles. The molecule has 1 aromatic rings. The largest absolute Gasteiger partial charge is 0.314 e. The Kier molecular flexibility index (Phi) is 5.79. The predicted octanol–water partition coefficient (Wildman–Crippen LogP) is 3.41. The summed E-state index contributed by atoms with van der Waals surface area (Å²) in [6.45, 7) is 7.63. The fourth-order valence-corrected chi connectivity index (χ4v) is 4.98. The first-order valence-electron chi connectivity index (χ1n) is 7.78. The van der Waals surface area contributed by atoms with Crippen LogP contribution >= 0.6 is 0 Å². The van der Waals surface area contributed by atoms with Gasteiger partial charge in [0.15, 0.2) is 0 Å². The third-order valence-corrected chi connectivity index (χ3v) is 6.33. The molecule has 20 heavy (non-hydrogen) atoms. The normalized spacial score (nSPS) is 27.6. The van der Waals surface area contributed by atoms with Crippen molar-refractivity contribution in [2.75, 3.05) is 6.54 Å². The van der Waals surface area contributed by atoms with Gasteiger partial charge in [0.1, 0.15) is 0 Å². The van der Waals surface area contributed by atoms with Crippen molar-refractivity contribution in [3.8, 4) is 0 Å². The second-order valence-electron chi connectivity index (χ2n) is 6.05. The van der Waals surface area contributed by atoms with Crippen molar-refractivity contribution in [3.05, 3.63) is 35.4 Å². The molecule has 4 atom stereocenters. The third kappa shape index (κ3) is 3.92. The molecule has 1 aliphatic carbocycles. The maximum atomic E-state index is 12.6. The molecule has 1 fully saturated rings. The van der Waals surface area contributed by atoms with Crippen molar-refractivity contribution < 1.29 is 4.21 Å². The van der Waals surface area contributed by atoms with E-state index < -0.39 is 10.8 Å². The quantitative estimate of drug-likeness (QED) is 0.871. The molecule has 0 heterocycles. The first-order chi connectivity index (χ1) is 9.61. The van der Waals surface area contributed by atoms with Crippen molar-refractivity contribution in [1.82, 2.24) is 5.32 Å². The molecule has 1 N–H and O–H groups in total. The molecular formula is C17H27NOS. The molecule has 2 nitrogen and oxygen atoms in total. The van der Waals surface area contributed by atoms with Crippen LogP contribution in [0.2, 0.25) is 0 Å². The summed E-state index contributed by atoms with van der Waals surface area (Å²) < 4.78 is 12.6. The summed E-state index contributed by atoms with van der Waals surface area (Å²) in [5.41, 5.74) is 2.46. The van der Waals surface area contributed by atoms with Crippen LogP contribution in [-0.2, 0) is 16.6 Å². The number of rotatable bonds is 6. The molecule has 0 radical (unpaired) electrons. The Hall–Kier alpha value is -0.670. The molecule has 0 amide bonds. The predicted molar refractivity (Wildman–Crippen MR) is 87.3 cm³/mol. The highest BCUT2D eigenvalue weighted by molar-refractivity contribution is 7.84. The van der Waals surface area contributed by atoms with Crippen molar-refractivity contribution in [2.24, 2.45) is 5.92 Å². The van der Waals surface area contributed by atoms with Gasteiger partial charge in [-0.15, -0.1) is 0 Å². The minimum atomic E-state index is -0.751. The van der Waals surface area contributed by atoms with Crippen molar-refractivity contribution in [2.45, 2.75) is 57.1 Å². The number of nitrogens with one attached hydrogen (secondary N) is 1. The van der Waals surface area contributed by atoms with Crippen LogP contribution in [0, 0.1) is 12.8 Å². The van der Waals surface area contributed by atoms with Gasteiger partial charge in [-0.3, -0.25) is 4.21 Å². The topological polar surface area (TPSA) is 29.1 Å². The smallest absolute Gasteiger partial charge is 0.0488 e. The zero-order valence-corrected chi connectivity index (χ0v) is 13.7. The second kappa shape index (κ2) is 7.37. The van der Waals surface area contributed by atoms with Gasteiger partial charge in [0.2, 0.25) is 0 Å². The van der Waals surface area contributed by atoms with Crippen LogP contribution in [0.15, 0.2) is 24.3 Å². The van der Waals surface area contributed by atoms with Gasteiger partial charge in [-0.05, 0) is 44.2 Å². The molecule has 1 saturated carbocycles. The Labute approximate surface area is 125 Å². The third-order valence-electron chi connectivity index (χ3n) is 4.37. The Balaban J connectivity index is 1.93. The Morgan fingerprint density at radius 3 is 2.85 bits per heavy atom. The van der Waals surface area contributed by atoms with Crippen LogP contribution < -0.4 is 5.32 Å². The van der Waals surface area contributed by atoms with E-state index in [1.165, 1.54) is 24.0 Å². The van der Waals surface area contributed by atoms with Crippen LogP contribution in [0.5, 0.6) is 0 Å². The average molecular weight is 293 g/mol. The monoisotopic (exact) mass is 293 g/mol. The zero-order valence-electron chi connectivity index (χ0n) is 12.9. The molecule has 1 aromatic carbocycles. The molecule has 0 aromatic heterocycles. The highest BCUT2D eigenvalue weighted by Gasteiger charge is 2.35. The lowest BCUT2D eigenvalue weighted by Gasteiger charge is -2.21. The number of hydrogen-bond donors (Lipinski definition) is 1. The van der Waals surface area contributed by atoms with E-state index in [4.69, 9.17) is 0 Å². The number of aryl methyl sites for hydroxylation is 1. The second-order valence-corrected chi connectivity index (χ2v) is 7.71. The van der Waals surface area contributed by atoms with Crippen LogP contribution in [0.4, 0.5) is 0 Å². The van der Waals surface area contributed by atoms with Gasteiger partial charge >= 0.3 is 0 Å². The SMILES string of the molecule is CCCNC1CCC(S(=O)Cc2cccc(C)c2)C1C. The lowest BCUT2D eigenvalue weighted by atomic mass is 10.1. The first-order valence-corrected chi connectivity index (χ1v) is 9.16. The number of benzene rings is 1. The molecule has 4 unspecified atom stereocenters. The van der Waals surface area contributed by atoms with E-state index >= 15 is 0 Å². The lowest BCUT2D eigenvalue weighted by molar-refractivity contribution is 0.429. The summed E-state index contributed by atoms with van der Waals surface area (Å²) in [4.78, 5) is 0. The van der Waals surface area contributed by atoms with E-state index in [1.54, 1.807) is 0 Å². The molecule has 0 spiro atoms. The van der Waals surface area contributed by atoms with Crippen LogP contribution in [0.3, 0.4) is 0 Å². The minimum absolute atomic E-state index is 0.352. The van der Waals surface area contributed by atoms with Gasteiger partial charge < -0.3 is 5.32 Å². The molecule has 1 aliphatic rings. The molecule has 0 aliphatic heterocycles. The lowest BCUT2D eigenvalue weighted by Crippen LogP contribution is -2.35. The van der Waals surface area contributed by atoms with E-state index in [1.807, 2.05) is 0 Å². The van der Waals surface area contributed by atoms with Gasteiger partial charge in [0, 0.05) is 27.8 Å². The molecule has 2 rings (SSSR count). The van der Waals surface area contributed by atoms with Crippen LogP contribution in [0.25, 0.3) is 0 Å². The van der Waals surface area contributed by atoms with Gasteiger partial charge in [-0.2, -0.15) is 0 Å². The summed E-state index contributed by atoms with van der Waals surface area (Å²) in [5, 5.41) is 3.96. The van der Waals surface area contributed by atoms with Crippen LogP contribution in [0.1, 0.15) is 44.2 Å². The Bertz CT molecular complexity index is 460. The average Bonchev–Trinajstić information content (AvgIpc) is 2.78. The van der Waals surface area contributed by atoms with E-state index in [-0.39, 0.29) is 0 Å². The summed E-state index contributed by atoms with van der Waals surface area (Å²) >= 11 is 0. The summed E-state index contributed by atoms with van der Waals surface area (Å²) in [7, 11) is -0.751. The van der Waals surface area contributed by atoms with Crippen molar-refractivity contribution >= 4 is 10.8 Å². The zero-order chi connectivity index (χ0) is 14.5. The van der Waals surface area contributed by atoms with Crippen molar-refractivity contribution in [3.63, 3.8) is 0 Å². The fraction of sp³-hybridized carbons (Fsp3) is 0.647. The standard InChI is InChI=1S/C17H27NOS/c1-4-10-18-16-8-9-17(14(16)3)20(19)12-15-7-5-6-13(2)11-15/h5-7,11,14,16-18H,4,8-10,12H2,1-3H3. The Morgan fingerprint density at radius 2 is 2.15 bits per heavy atom. The van der Waals surface area contributed by atoms with E-state index in [0.717, 1.165) is 13.0 Å². The molecule has 112 valence electrons. The van der Waals surface area contributed by atoms with Gasteiger partial charge in [-0.1, -0.05) is 43.7 Å². The number of hydrogen-bond acceptors (Lipinski definition) is 2.